The number of hydrogen-bond donors (Lipinski definition) is 1. The predicted octanol–water partition coefficient (Wildman–Crippen LogP) is 1.73. The topological polar surface area (TPSA) is 46.2 Å². The van der Waals surface area contributed by atoms with E-state index in [1.807, 2.05) is 6.92 Å². The first-order chi connectivity index (χ1) is 5.47. The van der Waals surface area contributed by atoms with Crippen LogP contribution in [0.5, 0.6) is 0 Å². The van der Waals surface area contributed by atoms with E-state index in [0.29, 0.717) is 4.21 Å². The van der Waals surface area contributed by atoms with Crippen molar-refractivity contribution in [3.05, 3.63) is 15.4 Å². The van der Waals surface area contributed by atoms with E-state index < -0.39 is 10.0 Å². The van der Waals surface area contributed by atoms with Crippen LogP contribution in [0.2, 0.25) is 0 Å². The number of nitrogens with one attached hydrogen (secondary N) is 1. The molecule has 12 heavy (non-hydrogen) atoms. The molecule has 0 radical (unpaired) electrons. The second kappa shape index (κ2) is 3.45. The van der Waals surface area contributed by atoms with E-state index in [2.05, 4.69) is 20.7 Å². The van der Waals surface area contributed by atoms with Crippen LogP contribution >= 0.6 is 27.3 Å². The summed E-state index contributed by atoms with van der Waals surface area (Å²) >= 11 is 4.48. The third kappa shape index (κ3) is 1.87. The highest BCUT2D eigenvalue weighted by Crippen LogP contribution is 2.29. The standard InChI is InChI=1S/C6H8BrNO2S2/c1-4-3-5(11-6(4)7)12(9,10)8-2/h3,8H,1-2H3. The highest BCUT2D eigenvalue weighted by Gasteiger charge is 2.15. The average Bonchev–Trinajstić information content (AvgIpc) is 2.33. The van der Waals surface area contributed by atoms with Gasteiger partial charge in [-0.05, 0) is 41.5 Å². The largest absolute Gasteiger partial charge is 0.249 e. The Labute approximate surface area is 84.0 Å². The third-order valence-electron chi connectivity index (χ3n) is 1.37. The fourth-order valence-electron chi connectivity index (χ4n) is 0.665. The number of sulfonamides is 1. The minimum Gasteiger partial charge on any atom is -0.214 e. The maximum Gasteiger partial charge on any atom is 0.249 e. The zero-order chi connectivity index (χ0) is 9.35. The first kappa shape index (κ1) is 10.2. The van der Waals surface area contributed by atoms with Gasteiger partial charge in [0.1, 0.15) is 4.21 Å². The average molecular weight is 270 g/mol. The lowest BCUT2D eigenvalue weighted by molar-refractivity contribution is 0.590. The zero-order valence-corrected chi connectivity index (χ0v) is 9.81. The molecule has 0 saturated heterocycles. The van der Waals surface area contributed by atoms with Crippen molar-refractivity contribution < 1.29 is 8.42 Å². The van der Waals surface area contributed by atoms with Crippen molar-refractivity contribution in [2.75, 3.05) is 7.05 Å². The second-order valence-electron chi connectivity index (χ2n) is 2.23. The lowest BCUT2D eigenvalue weighted by Crippen LogP contribution is -2.17. The molecule has 1 N–H and O–H groups in total. The van der Waals surface area contributed by atoms with Gasteiger partial charge in [-0.25, -0.2) is 13.1 Å². The van der Waals surface area contributed by atoms with Gasteiger partial charge in [-0.1, -0.05) is 0 Å². The fraction of sp³-hybridized carbons (Fsp3) is 0.333. The summed E-state index contributed by atoms with van der Waals surface area (Å²) in [6, 6.07) is 1.64. The minimum absolute atomic E-state index is 0.342. The molecule has 0 unspecified atom stereocenters. The number of rotatable bonds is 2. The Balaban J connectivity index is 3.22. The van der Waals surface area contributed by atoms with Crippen molar-refractivity contribution in [1.29, 1.82) is 0 Å². The Morgan fingerprint density at radius 1 is 1.58 bits per heavy atom. The molecular formula is C6H8BrNO2S2. The van der Waals surface area contributed by atoms with E-state index >= 15 is 0 Å². The van der Waals surface area contributed by atoms with Crippen LogP contribution in [0.1, 0.15) is 5.56 Å². The summed E-state index contributed by atoms with van der Waals surface area (Å²) in [5.41, 5.74) is 0.939. The maximum atomic E-state index is 11.2. The molecule has 0 bridgehead atoms. The van der Waals surface area contributed by atoms with Crippen molar-refractivity contribution in [2.45, 2.75) is 11.1 Å². The van der Waals surface area contributed by atoms with Gasteiger partial charge in [0, 0.05) is 0 Å². The molecule has 68 valence electrons. The van der Waals surface area contributed by atoms with Gasteiger partial charge in [0.2, 0.25) is 10.0 Å². The van der Waals surface area contributed by atoms with Crippen LogP contribution < -0.4 is 4.72 Å². The highest BCUT2D eigenvalue weighted by molar-refractivity contribution is 9.11. The van der Waals surface area contributed by atoms with Gasteiger partial charge < -0.3 is 0 Å². The number of hydrogen-bond acceptors (Lipinski definition) is 3. The van der Waals surface area contributed by atoms with Crippen molar-refractivity contribution >= 4 is 37.3 Å². The van der Waals surface area contributed by atoms with Crippen molar-refractivity contribution in [2.24, 2.45) is 0 Å². The molecule has 0 aromatic carbocycles. The van der Waals surface area contributed by atoms with Crippen LogP contribution in [0.25, 0.3) is 0 Å². The van der Waals surface area contributed by atoms with Gasteiger partial charge in [-0.15, -0.1) is 11.3 Å². The van der Waals surface area contributed by atoms with Crippen molar-refractivity contribution in [3.63, 3.8) is 0 Å². The van der Waals surface area contributed by atoms with E-state index in [4.69, 9.17) is 0 Å². The Morgan fingerprint density at radius 2 is 2.17 bits per heavy atom. The second-order valence-corrected chi connectivity index (χ2v) is 6.71. The van der Waals surface area contributed by atoms with Gasteiger partial charge >= 0.3 is 0 Å². The van der Waals surface area contributed by atoms with E-state index in [1.165, 1.54) is 18.4 Å². The summed E-state index contributed by atoms with van der Waals surface area (Å²) in [7, 11) is -1.86. The molecule has 0 amide bonds. The molecule has 1 aromatic rings. The number of thiophene rings is 1. The first-order valence-electron chi connectivity index (χ1n) is 3.17. The molecule has 6 heteroatoms. The zero-order valence-electron chi connectivity index (χ0n) is 6.59. The summed E-state index contributed by atoms with van der Waals surface area (Å²) in [6.07, 6.45) is 0. The molecule has 0 spiro atoms. The SMILES string of the molecule is CNS(=O)(=O)c1cc(C)c(Br)s1. The lowest BCUT2D eigenvalue weighted by atomic mass is 10.4. The maximum absolute atomic E-state index is 11.2. The van der Waals surface area contributed by atoms with Crippen LogP contribution in [0.4, 0.5) is 0 Å². The van der Waals surface area contributed by atoms with E-state index in [-0.39, 0.29) is 0 Å². The molecule has 1 rings (SSSR count). The van der Waals surface area contributed by atoms with Gasteiger partial charge in [0.25, 0.3) is 0 Å². The molecule has 3 nitrogen and oxygen atoms in total. The molecule has 0 aliphatic rings. The van der Waals surface area contributed by atoms with Gasteiger partial charge in [0.05, 0.1) is 3.79 Å². The normalized spacial score (nSPS) is 11.9. The Kier molecular flexibility index (Phi) is 2.92. The monoisotopic (exact) mass is 269 g/mol. The first-order valence-corrected chi connectivity index (χ1v) is 6.26. The van der Waals surface area contributed by atoms with Crippen molar-refractivity contribution in [3.8, 4) is 0 Å². The van der Waals surface area contributed by atoms with Crippen LogP contribution in [-0.2, 0) is 10.0 Å². The molecule has 0 atom stereocenters. The number of halogens is 1. The van der Waals surface area contributed by atoms with Crippen LogP contribution in [-0.4, -0.2) is 15.5 Å². The summed E-state index contributed by atoms with van der Waals surface area (Å²) < 4.78 is 25.9. The summed E-state index contributed by atoms with van der Waals surface area (Å²) in [5, 5.41) is 0. The lowest BCUT2D eigenvalue weighted by Gasteiger charge is -1.95. The summed E-state index contributed by atoms with van der Waals surface area (Å²) in [5.74, 6) is 0. The van der Waals surface area contributed by atoms with E-state index in [1.54, 1.807) is 6.07 Å². The highest BCUT2D eigenvalue weighted by atomic mass is 79.9. The smallest absolute Gasteiger partial charge is 0.214 e. The van der Waals surface area contributed by atoms with Gasteiger partial charge in [0.15, 0.2) is 0 Å². The molecule has 0 aliphatic heterocycles. The van der Waals surface area contributed by atoms with Gasteiger partial charge in [-0.3, -0.25) is 0 Å². The van der Waals surface area contributed by atoms with Crippen LogP contribution in [0, 0.1) is 6.92 Å². The van der Waals surface area contributed by atoms with Crippen LogP contribution in [0.3, 0.4) is 0 Å². The Morgan fingerprint density at radius 3 is 2.50 bits per heavy atom. The third-order valence-corrected chi connectivity index (χ3v) is 5.39. The summed E-state index contributed by atoms with van der Waals surface area (Å²) in [6.45, 7) is 1.86. The van der Waals surface area contributed by atoms with Gasteiger partial charge in [-0.2, -0.15) is 0 Å². The molecule has 1 heterocycles. The Bertz CT molecular complexity index is 363. The Hall–Kier alpha value is 0.0900. The predicted molar refractivity (Wildman–Crippen MR) is 53.0 cm³/mol. The fourth-order valence-corrected chi connectivity index (χ4v) is 3.73. The van der Waals surface area contributed by atoms with Crippen molar-refractivity contribution in [1.82, 2.24) is 4.72 Å². The molecule has 1 aromatic heterocycles. The molecule has 0 fully saturated rings. The van der Waals surface area contributed by atoms with E-state index in [9.17, 15) is 8.42 Å². The minimum atomic E-state index is -3.26. The van der Waals surface area contributed by atoms with Crippen LogP contribution in [0.15, 0.2) is 14.1 Å². The molecule has 0 aliphatic carbocycles. The molecule has 0 saturated carbocycles. The quantitative estimate of drug-likeness (QED) is 0.889. The molecular weight excluding hydrogens is 262 g/mol. The number of aryl methyl sites for hydroxylation is 1. The van der Waals surface area contributed by atoms with E-state index in [0.717, 1.165) is 9.35 Å². The summed E-state index contributed by atoms with van der Waals surface area (Å²) in [4.78, 5) is 0.